The number of rotatable bonds is 5. The van der Waals surface area contributed by atoms with Gasteiger partial charge in [0.1, 0.15) is 11.2 Å². The highest BCUT2D eigenvalue weighted by atomic mass is 32.1. The molecule has 2 heterocycles. The third-order valence-corrected chi connectivity index (χ3v) is 3.47. The fourth-order valence-corrected chi connectivity index (χ4v) is 2.35. The van der Waals surface area contributed by atoms with Crippen molar-refractivity contribution in [3.05, 3.63) is 17.3 Å². The summed E-state index contributed by atoms with van der Waals surface area (Å²) in [6.45, 7) is 3.38. The van der Waals surface area contributed by atoms with Crippen LogP contribution in [0, 0.1) is 0 Å². The highest BCUT2D eigenvalue weighted by Crippen LogP contribution is 2.29. The van der Waals surface area contributed by atoms with E-state index in [0.29, 0.717) is 19.0 Å². The zero-order valence-electron chi connectivity index (χ0n) is 9.27. The molecule has 0 aliphatic carbocycles. The van der Waals surface area contributed by atoms with Gasteiger partial charge in [-0.15, -0.1) is 11.3 Å². The van der Waals surface area contributed by atoms with Gasteiger partial charge in [-0.3, -0.25) is 0 Å². The van der Waals surface area contributed by atoms with Crippen molar-refractivity contribution in [2.45, 2.75) is 19.8 Å². The summed E-state index contributed by atoms with van der Waals surface area (Å²) in [5, 5.41) is 1.02. The summed E-state index contributed by atoms with van der Waals surface area (Å²) in [6, 6.07) is 2.11. The van der Waals surface area contributed by atoms with Gasteiger partial charge in [-0.05, 0) is 25.5 Å². The molecule has 0 fully saturated rings. The molecule has 4 nitrogen and oxygen atoms in total. The zero-order chi connectivity index (χ0) is 11.4. The van der Waals surface area contributed by atoms with Gasteiger partial charge < -0.3 is 10.5 Å². The minimum Gasteiger partial charge on any atom is -0.477 e. The molecule has 0 atom stereocenters. The third-order valence-electron chi connectivity index (χ3n) is 2.28. The lowest BCUT2D eigenvalue weighted by molar-refractivity contribution is 0.305. The maximum Gasteiger partial charge on any atom is 0.225 e. The normalized spacial score (nSPS) is 10.9. The molecule has 0 radical (unpaired) electrons. The first-order chi connectivity index (χ1) is 7.85. The summed E-state index contributed by atoms with van der Waals surface area (Å²) in [7, 11) is 0. The Labute approximate surface area is 98.5 Å². The molecule has 0 aromatic carbocycles. The molecule has 2 N–H and O–H groups in total. The largest absolute Gasteiger partial charge is 0.477 e. The van der Waals surface area contributed by atoms with Crippen LogP contribution >= 0.6 is 11.3 Å². The van der Waals surface area contributed by atoms with E-state index in [1.54, 1.807) is 17.7 Å². The van der Waals surface area contributed by atoms with Crippen molar-refractivity contribution >= 4 is 21.6 Å². The molecule has 0 aliphatic rings. The number of nitrogens with two attached hydrogens (primary N) is 1. The lowest BCUT2D eigenvalue weighted by Crippen LogP contribution is -2.06. The third kappa shape index (κ3) is 2.31. The second kappa shape index (κ2) is 5.23. The molecule has 16 heavy (non-hydrogen) atoms. The van der Waals surface area contributed by atoms with Crippen LogP contribution in [-0.4, -0.2) is 23.1 Å². The number of ether oxygens (including phenoxy) is 1. The van der Waals surface area contributed by atoms with Crippen LogP contribution < -0.4 is 10.5 Å². The standard InChI is InChI=1S/C11H15N3OS/c1-2-8-6-9-10(15-5-3-4-12)13-7-14-11(9)16-8/h6-7H,2-5,12H2,1H3. The Kier molecular flexibility index (Phi) is 3.69. The van der Waals surface area contributed by atoms with E-state index in [4.69, 9.17) is 10.5 Å². The van der Waals surface area contributed by atoms with Crippen LogP contribution in [0.5, 0.6) is 5.88 Å². The van der Waals surface area contributed by atoms with Gasteiger partial charge in [0.05, 0.1) is 12.0 Å². The van der Waals surface area contributed by atoms with Gasteiger partial charge in [-0.25, -0.2) is 9.97 Å². The van der Waals surface area contributed by atoms with Crippen molar-refractivity contribution in [1.82, 2.24) is 9.97 Å². The average molecular weight is 237 g/mol. The molecule has 0 saturated heterocycles. The van der Waals surface area contributed by atoms with Crippen LogP contribution in [0.15, 0.2) is 12.4 Å². The van der Waals surface area contributed by atoms with Crippen molar-refractivity contribution in [3.63, 3.8) is 0 Å². The predicted octanol–water partition coefficient (Wildman–Crippen LogP) is 1.98. The van der Waals surface area contributed by atoms with Crippen LogP contribution in [0.2, 0.25) is 0 Å². The van der Waals surface area contributed by atoms with Crippen molar-refractivity contribution in [3.8, 4) is 5.88 Å². The molecule has 5 heteroatoms. The first kappa shape index (κ1) is 11.3. The predicted molar refractivity (Wildman–Crippen MR) is 66.0 cm³/mol. The maximum atomic E-state index is 5.59. The van der Waals surface area contributed by atoms with E-state index >= 15 is 0 Å². The quantitative estimate of drug-likeness (QED) is 0.808. The van der Waals surface area contributed by atoms with Crippen LogP contribution in [0.1, 0.15) is 18.2 Å². The highest BCUT2D eigenvalue weighted by molar-refractivity contribution is 7.18. The van der Waals surface area contributed by atoms with E-state index in [-0.39, 0.29) is 0 Å². The van der Waals surface area contributed by atoms with E-state index in [0.717, 1.165) is 23.1 Å². The molecular formula is C11H15N3OS. The molecular weight excluding hydrogens is 222 g/mol. The summed E-state index contributed by atoms with van der Waals surface area (Å²) in [6.07, 6.45) is 3.41. The van der Waals surface area contributed by atoms with Gasteiger partial charge in [0, 0.05) is 4.88 Å². The van der Waals surface area contributed by atoms with Crippen LogP contribution in [0.3, 0.4) is 0 Å². The number of hydrogen-bond donors (Lipinski definition) is 1. The van der Waals surface area contributed by atoms with Gasteiger partial charge in [-0.1, -0.05) is 6.92 Å². The second-order valence-electron chi connectivity index (χ2n) is 3.45. The lowest BCUT2D eigenvalue weighted by Gasteiger charge is -2.03. The fourth-order valence-electron chi connectivity index (χ4n) is 1.43. The molecule has 2 aromatic heterocycles. The number of aromatic nitrogens is 2. The molecule has 86 valence electrons. The van der Waals surface area contributed by atoms with E-state index in [1.807, 2.05) is 0 Å². The van der Waals surface area contributed by atoms with E-state index in [9.17, 15) is 0 Å². The second-order valence-corrected chi connectivity index (χ2v) is 4.57. The topological polar surface area (TPSA) is 61.0 Å². The van der Waals surface area contributed by atoms with Gasteiger partial charge in [-0.2, -0.15) is 0 Å². The van der Waals surface area contributed by atoms with E-state index in [2.05, 4.69) is 23.0 Å². The SMILES string of the molecule is CCc1cc2c(OCCCN)ncnc2s1. The molecule has 0 aliphatic heterocycles. The summed E-state index contributed by atoms with van der Waals surface area (Å²) in [5.74, 6) is 0.675. The van der Waals surface area contributed by atoms with Crippen molar-refractivity contribution in [2.75, 3.05) is 13.2 Å². The van der Waals surface area contributed by atoms with Crippen LogP contribution in [0.4, 0.5) is 0 Å². The van der Waals surface area contributed by atoms with Crippen LogP contribution in [0.25, 0.3) is 10.2 Å². The Morgan fingerprint density at radius 1 is 1.44 bits per heavy atom. The minimum absolute atomic E-state index is 0.611. The molecule has 0 unspecified atom stereocenters. The zero-order valence-corrected chi connectivity index (χ0v) is 10.1. The highest BCUT2D eigenvalue weighted by Gasteiger charge is 2.08. The van der Waals surface area contributed by atoms with Gasteiger partial charge >= 0.3 is 0 Å². The Morgan fingerprint density at radius 2 is 2.31 bits per heavy atom. The van der Waals surface area contributed by atoms with Crippen molar-refractivity contribution in [1.29, 1.82) is 0 Å². The minimum atomic E-state index is 0.611. The van der Waals surface area contributed by atoms with Gasteiger partial charge in [0.25, 0.3) is 0 Å². The lowest BCUT2D eigenvalue weighted by atomic mass is 10.3. The summed E-state index contributed by atoms with van der Waals surface area (Å²) in [4.78, 5) is 10.7. The Bertz CT molecular complexity index is 469. The van der Waals surface area contributed by atoms with Crippen LogP contribution in [-0.2, 0) is 6.42 Å². The first-order valence-corrected chi connectivity index (χ1v) is 6.23. The number of thiophene rings is 1. The molecule has 0 spiro atoms. The summed E-state index contributed by atoms with van der Waals surface area (Å²) >= 11 is 1.69. The summed E-state index contributed by atoms with van der Waals surface area (Å²) < 4.78 is 5.59. The Balaban J connectivity index is 2.26. The average Bonchev–Trinajstić information content (AvgIpc) is 2.73. The van der Waals surface area contributed by atoms with Crippen molar-refractivity contribution < 1.29 is 4.74 Å². The number of nitrogens with zero attached hydrogens (tertiary/aromatic N) is 2. The summed E-state index contributed by atoms with van der Waals surface area (Å²) in [5.41, 5.74) is 5.42. The van der Waals surface area contributed by atoms with Crippen molar-refractivity contribution in [2.24, 2.45) is 5.73 Å². The smallest absolute Gasteiger partial charge is 0.225 e. The Hall–Kier alpha value is -1.20. The first-order valence-electron chi connectivity index (χ1n) is 5.41. The monoisotopic (exact) mass is 237 g/mol. The fraction of sp³-hybridized carbons (Fsp3) is 0.455. The van der Waals surface area contributed by atoms with E-state index in [1.165, 1.54) is 4.88 Å². The number of hydrogen-bond acceptors (Lipinski definition) is 5. The molecule has 0 amide bonds. The van der Waals surface area contributed by atoms with Gasteiger partial charge in [0.2, 0.25) is 5.88 Å². The number of aryl methyl sites for hydroxylation is 1. The molecule has 2 aromatic rings. The number of fused-ring (bicyclic) bond motifs is 1. The maximum absolute atomic E-state index is 5.59. The molecule has 0 bridgehead atoms. The van der Waals surface area contributed by atoms with E-state index < -0.39 is 0 Å². The molecule has 2 rings (SSSR count). The Morgan fingerprint density at radius 3 is 3.06 bits per heavy atom. The molecule has 0 saturated carbocycles. The van der Waals surface area contributed by atoms with Gasteiger partial charge in [0.15, 0.2) is 0 Å².